The average Bonchev–Trinajstić information content (AvgIpc) is 2.96. The average molecular weight is 448 g/mol. The van der Waals surface area contributed by atoms with Gasteiger partial charge in [0.1, 0.15) is 11.5 Å². The molecule has 11 nitrogen and oxygen atoms in total. The van der Waals surface area contributed by atoms with Crippen LogP contribution >= 0.6 is 23.4 Å². The number of thioether (sulfide) groups is 1. The number of hydrogen-bond acceptors (Lipinski definition) is 9. The van der Waals surface area contributed by atoms with E-state index in [0.29, 0.717) is 4.68 Å². The number of nitrogens with one attached hydrogen (secondary N) is 1. The van der Waals surface area contributed by atoms with Crippen molar-refractivity contribution in [3.05, 3.63) is 39.3 Å². The van der Waals surface area contributed by atoms with Gasteiger partial charge in [-0.2, -0.15) is 0 Å². The predicted molar refractivity (Wildman–Crippen MR) is 100 cm³/mol. The summed E-state index contributed by atoms with van der Waals surface area (Å²) in [5.74, 6) is -0.0961. The summed E-state index contributed by atoms with van der Waals surface area (Å²) in [7, 11) is -3.10. The van der Waals surface area contributed by atoms with E-state index in [9.17, 15) is 18.0 Å². The van der Waals surface area contributed by atoms with Gasteiger partial charge in [-0.25, -0.2) is 22.7 Å². The molecule has 0 bridgehead atoms. The molecular formula is C14H14ClN5O6S2. The molecule has 3 rings (SSSR count). The van der Waals surface area contributed by atoms with Crippen molar-refractivity contribution in [2.45, 2.75) is 10.1 Å². The van der Waals surface area contributed by atoms with Crippen LogP contribution in [-0.2, 0) is 26.6 Å². The predicted octanol–water partition coefficient (Wildman–Crippen LogP) is 0.612. The van der Waals surface area contributed by atoms with Crippen LogP contribution in [0.2, 0.25) is 5.02 Å². The smallest absolute Gasteiger partial charge is 0.360 e. The molecule has 0 spiro atoms. The van der Waals surface area contributed by atoms with Gasteiger partial charge in [0, 0.05) is 7.05 Å². The molecule has 1 aliphatic heterocycles. The largest absolute Gasteiger partial charge is 0.471 e. The molecule has 1 N–H and O–H groups in total. The SMILES string of the molecule is CSc1nn(C(=O)NS(=O)(=O)c2c(Cl)cccc2C2=NOCCO2)c(=O)n1C. The number of carbonyl (C=O) groups excluding carboxylic acids is 1. The van der Waals surface area contributed by atoms with E-state index in [-0.39, 0.29) is 34.9 Å². The number of hydrogen-bond donors (Lipinski definition) is 1. The number of carbonyl (C=O) groups is 1. The van der Waals surface area contributed by atoms with E-state index < -0.39 is 26.6 Å². The molecule has 0 aliphatic carbocycles. The standard InChI is InChI=1S/C14H14ClN5O6S2/c1-19-13(27-2)16-20(14(19)22)12(21)18-28(23,24)10-8(4-3-5-9(10)15)11-17-26-7-6-25-11/h3-5H,6-7H2,1-2H3,(H,18,21). The Balaban J connectivity index is 2.01. The lowest BCUT2D eigenvalue weighted by molar-refractivity contribution is 0.0653. The number of amides is 1. The number of rotatable bonds is 4. The monoisotopic (exact) mass is 447 g/mol. The van der Waals surface area contributed by atoms with Crippen LogP contribution < -0.4 is 10.4 Å². The summed E-state index contributed by atoms with van der Waals surface area (Å²) in [5.41, 5.74) is -0.796. The summed E-state index contributed by atoms with van der Waals surface area (Å²) in [6.07, 6.45) is 1.66. The molecule has 14 heteroatoms. The molecule has 1 aliphatic rings. The van der Waals surface area contributed by atoms with Crippen molar-refractivity contribution in [1.29, 1.82) is 0 Å². The lowest BCUT2D eigenvalue weighted by Gasteiger charge is -2.17. The first kappa shape index (κ1) is 20.2. The van der Waals surface area contributed by atoms with Gasteiger partial charge in [-0.1, -0.05) is 29.4 Å². The summed E-state index contributed by atoms with van der Waals surface area (Å²) < 4.78 is 34.3. The van der Waals surface area contributed by atoms with Crippen molar-refractivity contribution in [3.8, 4) is 0 Å². The number of sulfonamides is 1. The third kappa shape index (κ3) is 3.72. The van der Waals surface area contributed by atoms with E-state index in [2.05, 4.69) is 10.3 Å². The highest BCUT2D eigenvalue weighted by atomic mass is 35.5. The van der Waals surface area contributed by atoms with E-state index in [1.807, 2.05) is 0 Å². The highest BCUT2D eigenvalue weighted by Gasteiger charge is 2.30. The Morgan fingerprint density at radius 3 is 2.71 bits per heavy atom. The van der Waals surface area contributed by atoms with Crippen molar-refractivity contribution >= 4 is 45.3 Å². The van der Waals surface area contributed by atoms with Crippen molar-refractivity contribution in [1.82, 2.24) is 19.1 Å². The van der Waals surface area contributed by atoms with Gasteiger partial charge in [-0.3, -0.25) is 4.57 Å². The summed E-state index contributed by atoms with van der Waals surface area (Å²) >= 11 is 7.19. The fraction of sp³-hybridized carbons (Fsp3) is 0.286. The summed E-state index contributed by atoms with van der Waals surface area (Å²) in [6.45, 7) is 0.376. The van der Waals surface area contributed by atoms with E-state index >= 15 is 0 Å². The maximum Gasteiger partial charge on any atom is 0.360 e. The third-order valence-electron chi connectivity index (χ3n) is 3.56. The molecular weight excluding hydrogens is 434 g/mol. The zero-order chi connectivity index (χ0) is 20.5. The zero-order valence-electron chi connectivity index (χ0n) is 14.6. The lowest BCUT2D eigenvalue weighted by atomic mass is 10.2. The quantitative estimate of drug-likeness (QED) is 0.674. The van der Waals surface area contributed by atoms with Crippen LogP contribution in [0.3, 0.4) is 0 Å². The number of halogens is 1. The topological polar surface area (TPSA) is 134 Å². The van der Waals surface area contributed by atoms with E-state index in [1.165, 1.54) is 25.2 Å². The Morgan fingerprint density at radius 1 is 1.36 bits per heavy atom. The van der Waals surface area contributed by atoms with Gasteiger partial charge in [-0.05, 0) is 23.5 Å². The van der Waals surface area contributed by atoms with Crippen molar-refractivity contribution in [2.75, 3.05) is 19.5 Å². The number of ether oxygens (including phenoxy) is 1. The third-order valence-corrected chi connectivity index (χ3v) is 6.13. The molecule has 1 amide bonds. The second kappa shape index (κ2) is 7.85. The van der Waals surface area contributed by atoms with Gasteiger partial charge in [0.15, 0.2) is 11.8 Å². The fourth-order valence-electron chi connectivity index (χ4n) is 2.32. The molecule has 2 aromatic rings. The van der Waals surface area contributed by atoms with Crippen LogP contribution in [0.25, 0.3) is 0 Å². The van der Waals surface area contributed by atoms with E-state index in [4.69, 9.17) is 21.2 Å². The minimum absolute atomic E-state index is 0.00525. The molecule has 1 aromatic heterocycles. The first-order chi connectivity index (χ1) is 13.3. The minimum atomic E-state index is -4.51. The molecule has 0 saturated heterocycles. The Labute approximate surface area is 168 Å². The number of benzene rings is 1. The number of oxime groups is 1. The highest BCUT2D eigenvalue weighted by Crippen LogP contribution is 2.27. The van der Waals surface area contributed by atoms with Gasteiger partial charge in [-0.15, -0.1) is 9.78 Å². The van der Waals surface area contributed by atoms with Crippen molar-refractivity contribution in [3.63, 3.8) is 0 Å². The first-order valence-corrected chi connectivity index (χ1v) is 10.7. The van der Waals surface area contributed by atoms with Gasteiger partial charge >= 0.3 is 11.7 Å². The second-order valence-electron chi connectivity index (χ2n) is 5.35. The zero-order valence-corrected chi connectivity index (χ0v) is 17.0. The maximum atomic E-state index is 12.8. The lowest BCUT2D eigenvalue weighted by Crippen LogP contribution is -2.41. The second-order valence-corrected chi connectivity index (χ2v) is 8.15. The molecule has 2 heterocycles. The van der Waals surface area contributed by atoms with Crippen LogP contribution in [0.1, 0.15) is 5.56 Å². The minimum Gasteiger partial charge on any atom is -0.471 e. The molecule has 28 heavy (non-hydrogen) atoms. The van der Waals surface area contributed by atoms with Crippen LogP contribution in [0.5, 0.6) is 0 Å². The Hall–Kier alpha value is -2.51. The van der Waals surface area contributed by atoms with Crippen LogP contribution in [0.4, 0.5) is 4.79 Å². The first-order valence-electron chi connectivity index (χ1n) is 7.65. The van der Waals surface area contributed by atoms with Crippen molar-refractivity contribution < 1.29 is 22.8 Å². The number of aromatic nitrogens is 3. The van der Waals surface area contributed by atoms with Gasteiger partial charge < -0.3 is 9.57 Å². The molecule has 0 radical (unpaired) electrons. The molecule has 150 valence electrons. The molecule has 0 atom stereocenters. The summed E-state index contributed by atoms with van der Waals surface area (Å²) in [6, 6.07) is 2.96. The van der Waals surface area contributed by atoms with Gasteiger partial charge in [0.2, 0.25) is 0 Å². The normalized spacial score (nSPS) is 14.0. The van der Waals surface area contributed by atoms with E-state index in [1.54, 1.807) is 11.0 Å². The fourth-order valence-corrected chi connectivity index (χ4v) is 4.50. The maximum absolute atomic E-state index is 12.8. The van der Waals surface area contributed by atoms with Crippen LogP contribution in [0.15, 0.2) is 38.2 Å². The number of nitrogens with zero attached hydrogens (tertiary/aromatic N) is 4. The molecule has 0 saturated carbocycles. The van der Waals surface area contributed by atoms with Crippen LogP contribution in [0, 0.1) is 0 Å². The molecule has 1 aromatic carbocycles. The highest BCUT2D eigenvalue weighted by molar-refractivity contribution is 7.98. The van der Waals surface area contributed by atoms with Gasteiger partial charge in [0.05, 0.1) is 10.6 Å². The molecule has 0 unspecified atom stereocenters. The summed E-state index contributed by atoms with van der Waals surface area (Å²) in [4.78, 5) is 29.0. The van der Waals surface area contributed by atoms with Gasteiger partial charge in [0.25, 0.3) is 15.9 Å². The Bertz CT molecular complexity index is 1120. The van der Waals surface area contributed by atoms with Crippen molar-refractivity contribution in [2.24, 2.45) is 12.2 Å². The Kier molecular flexibility index (Phi) is 5.67. The molecule has 0 fully saturated rings. The van der Waals surface area contributed by atoms with E-state index in [0.717, 1.165) is 16.3 Å². The van der Waals surface area contributed by atoms with Crippen LogP contribution in [-0.4, -0.2) is 54.2 Å². The summed E-state index contributed by atoms with van der Waals surface area (Å²) in [5, 5.41) is 7.53. The Morgan fingerprint density at radius 2 is 2.11 bits per heavy atom.